The summed E-state index contributed by atoms with van der Waals surface area (Å²) in [7, 11) is 1.79. The number of aryl methyl sites for hydroxylation is 1. The Balaban J connectivity index is 1.34. The minimum atomic E-state index is 0.487. The molecule has 1 aliphatic rings. The van der Waals surface area contributed by atoms with Gasteiger partial charge in [-0.15, -0.1) is 0 Å². The van der Waals surface area contributed by atoms with Crippen molar-refractivity contribution in [3.8, 4) is 5.75 Å². The minimum Gasteiger partial charge on any atom is -0.493 e. The second-order valence-electron chi connectivity index (χ2n) is 8.21. The molecule has 1 unspecified atom stereocenters. The lowest BCUT2D eigenvalue weighted by molar-refractivity contribution is 0.135. The number of rotatable bonds is 12. The normalized spacial score (nSPS) is 16.2. The maximum Gasteiger partial charge on any atom is 0.191 e. The summed E-state index contributed by atoms with van der Waals surface area (Å²) in [5.41, 5.74) is 3.63. The van der Waals surface area contributed by atoms with Gasteiger partial charge in [0.2, 0.25) is 0 Å². The second kappa shape index (κ2) is 13.8. The number of ether oxygens (including phenoxy) is 3. The molecule has 0 saturated carbocycles. The molecule has 32 heavy (non-hydrogen) atoms. The maximum absolute atomic E-state index is 6.14. The molecule has 0 amide bonds. The molecule has 0 radical (unpaired) electrons. The van der Waals surface area contributed by atoms with Gasteiger partial charge in [-0.05, 0) is 43.4 Å². The summed E-state index contributed by atoms with van der Waals surface area (Å²) in [6.07, 6.45) is 2.95. The fourth-order valence-electron chi connectivity index (χ4n) is 3.58. The van der Waals surface area contributed by atoms with Crippen LogP contribution in [-0.4, -0.2) is 52.6 Å². The quantitative estimate of drug-likeness (QED) is 0.300. The van der Waals surface area contributed by atoms with Crippen molar-refractivity contribution in [2.45, 2.75) is 32.7 Å². The summed E-state index contributed by atoms with van der Waals surface area (Å²) in [4.78, 5) is 4.33. The maximum atomic E-state index is 6.14. The minimum absolute atomic E-state index is 0.487. The van der Waals surface area contributed by atoms with Gasteiger partial charge in [-0.3, -0.25) is 4.99 Å². The Kier molecular flexibility index (Phi) is 10.4. The molecule has 2 N–H and O–H groups in total. The van der Waals surface area contributed by atoms with Crippen LogP contribution in [0.3, 0.4) is 0 Å². The number of benzene rings is 2. The zero-order valence-corrected chi connectivity index (χ0v) is 19.4. The molecular formula is C26H37N3O3. The lowest BCUT2D eigenvalue weighted by atomic mass is 10.1. The number of guanidine groups is 1. The van der Waals surface area contributed by atoms with Crippen LogP contribution in [0.2, 0.25) is 0 Å². The summed E-state index contributed by atoms with van der Waals surface area (Å²) in [6, 6.07) is 16.8. The number of nitrogens with one attached hydrogen (secondary N) is 2. The zero-order chi connectivity index (χ0) is 22.4. The van der Waals surface area contributed by atoms with E-state index >= 15 is 0 Å². The van der Waals surface area contributed by atoms with Gasteiger partial charge in [0.25, 0.3) is 0 Å². The smallest absolute Gasteiger partial charge is 0.191 e. The van der Waals surface area contributed by atoms with Crippen LogP contribution in [0.1, 0.15) is 29.5 Å². The van der Waals surface area contributed by atoms with Crippen molar-refractivity contribution in [2.24, 2.45) is 10.9 Å². The molecule has 6 heteroatoms. The Bertz CT molecular complexity index is 820. The van der Waals surface area contributed by atoms with E-state index < -0.39 is 0 Å². The highest BCUT2D eigenvalue weighted by atomic mass is 16.5. The van der Waals surface area contributed by atoms with E-state index in [0.717, 1.165) is 69.5 Å². The zero-order valence-electron chi connectivity index (χ0n) is 19.4. The molecule has 2 aromatic rings. The van der Waals surface area contributed by atoms with E-state index in [9.17, 15) is 0 Å². The molecule has 1 fully saturated rings. The summed E-state index contributed by atoms with van der Waals surface area (Å²) in [6.45, 7) is 7.38. The van der Waals surface area contributed by atoms with Crippen molar-refractivity contribution < 1.29 is 14.2 Å². The van der Waals surface area contributed by atoms with Crippen LogP contribution in [-0.2, 0) is 22.4 Å². The molecule has 0 spiro atoms. The first-order valence-electron chi connectivity index (χ1n) is 11.6. The van der Waals surface area contributed by atoms with Crippen LogP contribution >= 0.6 is 0 Å². The largest absolute Gasteiger partial charge is 0.493 e. The average Bonchev–Trinajstić information content (AvgIpc) is 3.34. The molecule has 1 atom stereocenters. The summed E-state index contributed by atoms with van der Waals surface area (Å²) in [5.74, 6) is 2.21. The first kappa shape index (κ1) is 24.1. The Labute approximate surface area is 192 Å². The molecule has 2 aromatic carbocycles. The molecule has 6 nitrogen and oxygen atoms in total. The number of nitrogens with zero attached hydrogens (tertiary/aromatic N) is 1. The molecule has 0 bridgehead atoms. The highest BCUT2D eigenvalue weighted by molar-refractivity contribution is 5.79. The lowest BCUT2D eigenvalue weighted by Crippen LogP contribution is -2.37. The third kappa shape index (κ3) is 8.52. The van der Waals surface area contributed by atoms with Crippen molar-refractivity contribution in [3.63, 3.8) is 0 Å². The summed E-state index contributed by atoms with van der Waals surface area (Å²) in [5, 5.41) is 6.75. The van der Waals surface area contributed by atoms with E-state index in [4.69, 9.17) is 14.2 Å². The predicted molar refractivity (Wildman–Crippen MR) is 129 cm³/mol. The Morgan fingerprint density at radius 2 is 2.00 bits per heavy atom. The van der Waals surface area contributed by atoms with Gasteiger partial charge in [-0.2, -0.15) is 0 Å². The standard InChI is InChI=1S/C26H37N3O3/c1-21-9-10-24(25(17-21)32-20-23-12-16-31-19-23)18-29-26(27-2)28-13-6-14-30-15-11-22-7-4-3-5-8-22/h3-5,7-10,17,23H,6,11-16,18-20H2,1-2H3,(H2,27,28,29). The summed E-state index contributed by atoms with van der Waals surface area (Å²) < 4.78 is 17.3. The van der Waals surface area contributed by atoms with E-state index in [1.165, 1.54) is 11.1 Å². The first-order valence-corrected chi connectivity index (χ1v) is 11.6. The second-order valence-corrected chi connectivity index (χ2v) is 8.21. The highest BCUT2D eigenvalue weighted by Gasteiger charge is 2.17. The third-order valence-electron chi connectivity index (χ3n) is 5.53. The van der Waals surface area contributed by atoms with E-state index in [1.807, 2.05) is 6.07 Å². The topological polar surface area (TPSA) is 64.1 Å². The SMILES string of the molecule is CN=C(NCCCOCCc1ccccc1)NCc1ccc(C)cc1OCC1CCOC1. The van der Waals surface area contributed by atoms with Gasteiger partial charge in [-0.25, -0.2) is 0 Å². The molecule has 1 saturated heterocycles. The lowest BCUT2D eigenvalue weighted by Gasteiger charge is -2.17. The van der Waals surface area contributed by atoms with Crippen molar-refractivity contribution in [3.05, 3.63) is 65.2 Å². The van der Waals surface area contributed by atoms with Crippen LogP contribution in [0.5, 0.6) is 5.75 Å². The van der Waals surface area contributed by atoms with Crippen molar-refractivity contribution in [2.75, 3.05) is 46.6 Å². The fourth-order valence-corrected chi connectivity index (χ4v) is 3.58. The Hall–Kier alpha value is -2.57. The Morgan fingerprint density at radius 1 is 1.12 bits per heavy atom. The number of hydrogen-bond acceptors (Lipinski definition) is 4. The van der Waals surface area contributed by atoms with Crippen LogP contribution < -0.4 is 15.4 Å². The van der Waals surface area contributed by atoms with Crippen molar-refractivity contribution >= 4 is 5.96 Å². The monoisotopic (exact) mass is 439 g/mol. The van der Waals surface area contributed by atoms with Gasteiger partial charge >= 0.3 is 0 Å². The predicted octanol–water partition coefficient (Wildman–Crippen LogP) is 3.72. The van der Waals surface area contributed by atoms with Gasteiger partial charge in [0.15, 0.2) is 5.96 Å². The highest BCUT2D eigenvalue weighted by Crippen LogP contribution is 2.22. The summed E-state index contributed by atoms with van der Waals surface area (Å²) >= 11 is 0. The van der Waals surface area contributed by atoms with Crippen LogP contribution in [0.15, 0.2) is 53.5 Å². The molecule has 3 rings (SSSR count). The number of hydrogen-bond donors (Lipinski definition) is 2. The van der Waals surface area contributed by atoms with Crippen LogP contribution in [0.25, 0.3) is 0 Å². The molecular weight excluding hydrogens is 402 g/mol. The van der Waals surface area contributed by atoms with Gasteiger partial charge in [0.1, 0.15) is 5.75 Å². The Morgan fingerprint density at radius 3 is 2.78 bits per heavy atom. The molecule has 0 aromatic heterocycles. The van der Waals surface area contributed by atoms with Crippen LogP contribution in [0, 0.1) is 12.8 Å². The molecule has 174 valence electrons. The molecule has 1 aliphatic heterocycles. The van der Waals surface area contributed by atoms with Crippen molar-refractivity contribution in [1.29, 1.82) is 0 Å². The average molecular weight is 440 g/mol. The first-order chi connectivity index (χ1) is 15.7. The third-order valence-corrected chi connectivity index (χ3v) is 5.53. The van der Waals surface area contributed by atoms with E-state index in [1.54, 1.807) is 7.05 Å². The van der Waals surface area contributed by atoms with Gasteiger partial charge in [0, 0.05) is 44.8 Å². The number of aliphatic imine (C=N–C) groups is 1. The van der Waals surface area contributed by atoms with Gasteiger partial charge in [0.05, 0.1) is 19.8 Å². The van der Waals surface area contributed by atoms with Gasteiger partial charge in [-0.1, -0.05) is 42.5 Å². The van der Waals surface area contributed by atoms with Crippen LogP contribution in [0.4, 0.5) is 0 Å². The van der Waals surface area contributed by atoms with Crippen molar-refractivity contribution in [1.82, 2.24) is 10.6 Å². The van der Waals surface area contributed by atoms with Gasteiger partial charge < -0.3 is 24.8 Å². The van der Waals surface area contributed by atoms with E-state index in [-0.39, 0.29) is 0 Å². The van der Waals surface area contributed by atoms with E-state index in [2.05, 4.69) is 65.0 Å². The molecule has 1 heterocycles. The fraction of sp³-hybridized carbons (Fsp3) is 0.500. The van der Waals surface area contributed by atoms with E-state index in [0.29, 0.717) is 19.1 Å². The molecule has 0 aliphatic carbocycles.